The van der Waals surface area contributed by atoms with E-state index in [1.807, 2.05) is 37.3 Å². The number of benzene rings is 1. The van der Waals surface area contributed by atoms with Crippen LogP contribution in [0.2, 0.25) is 0 Å². The highest BCUT2D eigenvalue weighted by Gasteiger charge is 2.24. The largest absolute Gasteiger partial charge is 0.354 e. The van der Waals surface area contributed by atoms with Gasteiger partial charge in [0.25, 0.3) is 0 Å². The van der Waals surface area contributed by atoms with Gasteiger partial charge in [-0.1, -0.05) is 18.2 Å². The molecular formula is C15H20N2O2S. The van der Waals surface area contributed by atoms with Gasteiger partial charge in [-0.05, 0) is 38.3 Å². The number of hydrogen-bond donors (Lipinski definition) is 2. The molecule has 4 nitrogen and oxygen atoms in total. The Labute approximate surface area is 123 Å². The first kappa shape index (κ1) is 14.9. The molecule has 1 saturated heterocycles. The lowest BCUT2D eigenvalue weighted by Crippen LogP contribution is -2.47. The van der Waals surface area contributed by atoms with Crippen molar-refractivity contribution in [3.63, 3.8) is 0 Å². The van der Waals surface area contributed by atoms with Gasteiger partial charge >= 0.3 is 0 Å². The van der Waals surface area contributed by atoms with Gasteiger partial charge in [0.1, 0.15) is 6.04 Å². The van der Waals surface area contributed by atoms with E-state index >= 15 is 0 Å². The molecule has 0 aliphatic carbocycles. The highest BCUT2D eigenvalue weighted by Crippen LogP contribution is 2.22. The third kappa shape index (κ3) is 4.27. The van der Waals surface area contributed by atoms with E-state index in [1.165, 1.54) is 11.8 Å². The van der Waals surface area contributed by atoms with Crippen LogP contribution >= 0.6 is 11.8 Å². The van der Waals surface area contributed by atoms with Gasteiger partial charge < -0.3 is 10.6 Å². The molecule has 0 bridgehead atoms. The molecule has 5 heteroatoms. The zero-order chi connectivity index (χ0) is 14.4. The summed E-state index contributed by atoms with van der Waals surface area (Å²) in [6.07, 6.45) is 2.66. The normalized spacial score (nSPS) is 20.6. The third-order valence-corrected chi connectivity index (χ3v) is 4.39. The second-order valence-corrected chi connectivity index (χ2v) is 6.34. The molecule has 20 heavy (non-hydrogen) atoms. The SMILES string of the molecule is CC(Sc1ccccc1)C(=O)NC1CCCCNC1=O. The number of carbonyl (C=O) groups is 2. The number of hydrogen-bond acceptors (Lipinski definition) is 3. The Morgan fingerprint density at radius 2 is 2.10 bits per heavy atom. The lowest BCUT2D eigenvalue weighted by atomic mass is 10.1. The summed E-state index contributed by atoms with van der Waals surface area (Å²) < 4.78 is 0. The van der Waals surface area contributed by atoms with Crippen molar-refractivity contribution >= 4 is 23.6 Å². The Bertz CT molecular complexity index is 464. The lowest BCUT2D eigenvalue weighted by molar-refractivity contribution is -0.128. The first-order valence-electron chi connectivity index (χ1n) is 6.96. The van der Waals surface area contributed by atoms with E-state index in [4.69, 9.17) is 0 Å². The van der Waals surface area contributed by atoms with Gasteiger partial charge in [0.05, 0.1) is 5.25 Å². The summed E-state index contributed by atoms with van der Waals surface area (Å²) in [5.74, 6) is -0.145. The van der Waals surface area contributed by atoms with Crippen molar-refractivity contribution in [3.8, 4) is 0 Å². The molecule has 1 aromatic rings. The average molecular weight is 292 g/mol. The molecule has 2 unspecified atom stereocenters. The zero-order valence-electron chi connectivity index (χ0n) is 11.6. The molecule has 1 aliphatic rings. The van der Waals surface area contributed by atoms with Crippen LogP contribution in [-0.2, 0) is 9.59 Å². The van der Waals surface area contributed by atoms with E-state index < -0.39 is 0 Å². The number of thioether (sulfide) groups is 1. The molecule has 1 aliphatic heterocycles. The standard InChI is InChI=1S/C15H20N2O2S/c1-11(20-12-7-3-2-4-8-12)14(18)17-13-9-5-6-10-16-15(13)19/h2-4,7-8,11,13H,5-6,9-10H2,1H3,(H,16,19)(H,17,18). The van der Waals surface area contributed by atoms with E-state index in [-0.39, 0.29) is 23.1 Å². The maximum atomic E-state index is 12.2. The molecule has 2 atom stereocenters. The second kappa shape index (κ2) is 7.33. The molecule has 0 spiro atoms. The predicted octanol–water partition coefficient (Wildman–Crippen LogP) is 1.95. The summed E-state index contributed by atoms with van der Waals surface area (Å²) in [5.41, 5.74) is 0. The van der Waals surface area contributed by atoms with Crippen LogP contribution in [0.3, 0.4) is 0 Å². The topological polar surface area (TPSA) is 58.2 Å². The van der Waals surface area contributed by atoms with E-state index in [0.717, 1.165) is 24.2 Å². The van der Waals surface area contributed by atoms with Crippen LogP contribution in [0, 0.1) is 0 Å². The Morgan fingerprint density at radius 3 is 2.85 bits per heavy atom. The van der Waals surface area contributed by atoms with E-state index in [0.29, 0.717) is 6.54 Å². The van der Waals surface area contributed by atoms with Crippen molar-refractivity contribution in [3.05, 3.63) is 30.3 Å². The maximum Gasteiger partial charge on any atom is 0.242 e. The fourth-order valence-electron chi connectivity index (χ4n) is 2.12. The minimum absolute atomic E-state index is 0.0623. The maximum absolute atomic E-state index is 12.2. The predicted molar refractivity (Wildman–Crippen MR) is 80.6 cm³/mol. The van der Waals surface area contributed by atoms with Gasteiger partial charge in [0.15, 0.2) is 0 Å². The van der Waals surface area contributed by atoms with Gasteiger partial charge in [-0.2, -0.15) is 0 Å². The highest BCUT2D eigenvalue weighted by atomic mass is 32.2. The molecule has 1 aromatic carbocycles. The summed E-state index contributed by atoms with van der Waals surface area (Å²) in [6.45, 7) is 2.57. The molecule has 2 rings (SSSR count). The number of amides is 2. The van der Waals surface area contributed by atoms with E-state index in [1.54, 1.807) is 0 Å². The molecule has 1 fully saturated rings. The molecule has 0 saturated carbocycles. The van der Waals surface area contributed by atoms with Gasteiger partial charge in [-0.3, -0.25) is 9.59 Å². The van der Waals surface area contributed by atoms with Crippen LogP contribution in [0.1, 0.15) is 26.2 Å². The molecule has 108 valence electrons. The van der Waals surface area contributed by atoms with Crippen LogP contribution in [0.5, 0.6) is 0 Å². The third-order valence-electron chi connectivity index (χ3n) is 3.28. The Balaban J connectivity index is 1.88. The molecule has 2 N–H and O–H groups in total. The van der Waals surface area contributed by atoms with Crippen molar-refractivity contribution in [2.45, 2.75) is 42.4 Å². The quantitative estimate of drug-likeness (QED) is 0.834. The first-order valence-corrected chi connectivity index (χ1v) is 7.84. The Kier molecular flexibility index (Phi) is 5.47. The van der Waals surface area contributed by atoms with Crippen LogP contribution < -0.4 is 10.6 Å². The Hall–Kier alpha value is -1.49. The molecule has 0 radical (unpaired) electrons. The summed E-state index contributed by atoms with van der Waals surface area (Å²) in [6, 6.07) is 9.42. The van der Waals surface area contributed by atoms with Gasteiger partial charge in [0.2, 0.25) is 11.8 Å². The van der Waals surface area contributed by atoms with Crippen molar-refractivity contribution in [2.75, 3.05) is 6.54 Å². The molecule has 2 amide bonds. The van der Waals surface area contributed by atoms with Gasteiger partial charge in [-0.25, -0.2) is 0 Å². The Morgan fingerprint density at radius 1 is 1.35 bits per heavy atom. The van der Waals surface area contributed by atoms with Gasteiger partial charge in [0, 0.05) is 11.4 Å². The van der Waals surface area contributed by atoms with Gasteiger partial charge in [-0.15, -0.1) is 11.8 Å². The smallest absolute Gasteiger partial charge is 0.242 e. The zero-order valence-corrected chi connectivity index (χ0v) is 12.4. The van der Waals surface area contributed by atoms with Crippen molar-refractivity contribution in [2.24, 2.45) is 0 Å². The van der Waals surface area contributed by atoms with E-state index in [2.05, 4.69) is 10.6 Å². The second-order valence-electron chi connectivity index (χ2n) is 4.92. The summed E-state index contributed by atoms with van der Waals surface area (Å²) >= 11 is 1.50. The monoisotopic (exact) mass is 292 g/mol. The van der Waals surface area contributed by atoms with Crippen LogP contribution in [0.25, 0.3) is 0 Å². The summed E-state index contributed by atoms with van der Waals surface area (Å²) in [7, 11) is 0. The first-order chi connectivity index (χ1) is 9.66. The van der Waals surface area contributed by atoms with E-state index in [9.17, 15) is 9.59 Å². The molecule has 0 aromatic heterocycles. The molecule has 1 heterocycles. The van der Waals surface area contributed by atoms with Crippen LogP contribution in [0.15, 0.2) is 35.2 Å². The fraction of sp³-hybridized carbons (Fsp3) is 0.467. The van der Waals surface area contributed by atoms with Crippen molar-refractivity contribution < 1.29 is 9.59 Å². The highest BCUT2D eigenvalue weighted by molar-refractivity contribution is 8.00. The minimum Gasteiger partial charge on any atom is -0.354 e. The number of rotatable bonds is 4. The fourth-order valence-corrected chi connectivity index (χ4v) is 3.02. The molecular weight excluding hydrogens is 272 g/mol. The van der Waals surface area contributed by atoms with Crippen molar-refractivity contribution in [1.29, 1.82) is 0 Å². The van der Waals surface area contributed by atoms with Crippen LogP contribution in [-0.4, -0.2) is 29.7 Å². The lowest BCUT2D eigenvalue weighted by Gasteiger charge is -2.18. The minimum atomic E-state index is -0.385. The average Bonchev–Trinajstić information content (AvgIpc) is 2.65. The number of carbonyl (C=O) groups excluding carboxylic acids is 2. The number of nitrogens with one attached hydrogen (secondary N) is 2. The summed E-state index contributed by atoms with van der Waals surface area (Å²) in [4.78, 5) is 25.0. The van der Waals surface area contributed by atoms with Crippen LogP contribution in [0.4, 0.5) is 0 Å². The van der Waals surface area contributed by atoms with Crippen molar-refractivity contribution in [1.82, 2.24) is 10.6 Å². The summed E-state index contributed by atoms with van der Waals surface area (Å²) in [5, 5.41) is 5.47.